The third-order valence-corrected chi connectivity index (χ3v) is 3.74. The summed E-state index contributed by atoms with van der Waals surface area (Å²) in [7, 11) is 2.09. The predicted octanol–water partition coefficient (Wildman–Crippen LogP) is 2.52. The average Bonchev–Trinajstić information content (AvgIpc) is 2.76. The fraction of sp³-hybridized carbons (Fsp3) is 0.571. The number of nitrogens with zero attached hydrogens (tertiary/aromatic N) is 1. The first-order chi connectivity index (χ1) is 8.60. The number of halogens is 1. The van der Waals surface area contributed by atoms with Crippen LogP contribution in [0.5, 0.6) is 5.75 Å². The summed E-state index contributed by atoms with van der Waals surface area (Å²) < 4.78 is 5.91. The minimum atomic E-state index is 0.106. The van der Waals surface area contributed by atoms with Crippen molar-refractivity contribution in [3.05, 3.63) is 28.8 Å². The Balaban J connectivity index is 2.05. The second-order valence-electron chi connectivity index (χ2n) is 5.06. The van der Waals surface area contributed by atoms with E-state index in [9.17, 15) is 0 Å². The summed E-state index contributed by atoms with van der Waals surface area (Å²) in [6.07, 6.45) is 1.27. The smallest absolute Gasteiger partial charge is 0.138 e. The fourth-order valence-corrected chi connectivity index (χ4v) is 2.43. The second kappa shape index (κ2) is 5.91. The van der Waals surface area contributed by atoms with Gasteiger partial charge in [0, 0.05) is 25.6 Å². The van der Waals surface area contributed by atoms with Gasteiger partial charge in [-0.1, -0.05) is 24.6 Å². The predicted molar refractivity (Wildman–Crippen MR) is 73.5 cm³/mol. The number of hydrogen-bond acceptors (Lipinski definition) is 3. The SMILES string of the molecule is CC(CO)c1ccc(OC2CCN(C)C2)c(Cl)c1. The van der Waals surface area contributed by atoms with Crippen molar-refractivity contribution >= 4 is 11.6 Å². The van der Waals surface area contributed by atoms with Crippen LogP contribution in [0.3, 0.4) is 0 Å². The summed E-state index contributed by atoms with van der Waals surface area (Å²) >= 11 is 6.23. The Morgan fingerprint density at radius 3 is 2.89 bits per heavy atom. The first-order valence-corrected chi connectivity index (χ1v) is 6.73. The van der Waals surface area contributed by atoms with Crippen molar-refractivity contribution in [1.29, 1.82) is 0 Å². The molecule has 1 heterocycles. The normalized spacial score (nSPS) is 22.1. The highest BCUT2D eigenvalue weighted by molar-refractivity contribution is 6.32. The summed E-state index contributed by atoms with van der Waals surface area (Å²) in [6, 6.07) is 5.76. The van der Waals surface area contributed by atoms with Crippen LogP contribution in [0, 0.1) is 0 Å². The van der Waals surface area contributed by atoms with E-state index < -0.39 is 0 Å². The van der Waals surface area contributed by atoms with Gasteiger partial charge in [-0.25, -0.2) is 0 Å². The Morgan fingerprint density at radius 1 is 1.56 bits per heavy atom. The number of aliphatic hydroxyl groups is 1. The van der Waals surface area contributed by atoms with Crippen LogP contribution in [0.4, 0.5) is 0 Å². The highest BCUT2D eigenvalue weighted by Crippen LogP contribution is 2.30. The van der Waals surface area contributed by atoms with E-state index in [1.807, 2.05) is 25.1 Å². The molecule has 2 unspecified atom stereocenters. The van der Waals surface area contributed by atoms with Crippen molar-refractivity contribution < 1.29 is 9.84 Å². The summed E-state index contributed by atoms with van der Waals surface area (Å²) in [6.45, 7) is 4.12. The molecule has 4 heteroatoms. The zero-order chi connectivity index (χ0) is 13.1. The quantitative estimate of drug-likeness (QED) is 0.912. The van der Waals surface area contributed by atoms with Crippen molar-refractivity contribution in [2.45, 2.75) is 25.4 Å². The summed E-state index contributed by atoms with van der Waals surface area (Å²) in [4.78, 5) is 2.25. The Morgan fingerprint density at radius 2 is 2.33 bits per heavy atom. The average molecular weight is 270 g/mol. The third kappa shape index (κ3) is 3.16. The van der Waals surface area contributed by atoms with Gasteiger partial charge in [-0.2, -0.15) is 0 Å². The van der Waals surface area contributed by atoms with Crippen LogP contribution in [0.2, 0.25) is 5.02 Å². The lowest BCUT2D eigenvalue weighted by Gasteiger charge is -2.16. The fourth-order valence-electron chi connectivity index (χ4n) is 2.19. The van der Waals surface area contributed by atoms with Crippen LogP contribution in [-0.2, 0) is 0 Å². The number of hydrogen-bond donors (Lipinski definition) is 1. The van der Waals surface area contributed by atoms with E-state index in [4.69, 9.17) is 21.4 Å². The molecule has 0 aromatic heterocycles. The Hall–Kier alpha value is -0.770. The molecule has 0 amide bonds. The van der Waals surface area contributed by atoms with E-state index in [0.717, 1.165) is 30.8 Å². The summed E-state index contributed by atoms with van der Waals surface area (Å²) in [5.41, 5.74) is 1.04. The third-order valence-electron chi connectivity index (χ3n) is 3.44. The lowest BCUT2D eigenvalue weighted by molar-refractivity contribution is 0.208. The van der Waals surface area contributed by atoms with E-state index in [-0.39, 0.29) is 18.6 Å². The number of likely N-dealkylation sites (tertiary alicyclic amines) is 1. The van der Waals surface area contributed by atoms with Gasteiger partial charge in [-0.3, -0.25) is 0 Å². The molecule has 2 rings (SSSR count). The van der Waals surface area contributed by atoms with E-state index in [1.165, 1.54) is 0 Å². The topological polar surface area (TPSA) is 32.7 Å². The molecule has 1 N–H and O–H groups in total. The van der Waals surface area contributed by atoms with Gasteiger partial charge in [0.25, 0.3) is 0 Å². The minimum Gasteiger partial charge on any atom is -0.487 e. The standard InChI is InChI=1S/C14H20ClNO2/c1-10(9-17)11-3-4-14(13(15)7-11)18-12-5-6-16(2)8-12/h3-4,7,10,12,17H,5-6,8-9H2,1-2H3. The number of aliphatic hydroxyl groups excluding tert-OH is 1. The molecule has 1 fully saturated rings. The molecule has 0 aliphatic carbocycles. The van der Waals surface area contributed by atoms with Crippen LogP contribution in [0.15, 0.2) is 18.2 Å². The highest BCUT2D eigenvalue weighted by Gasteiger charge is 2.21. The molecule has 18 heavy (non-hydrogen) atoms. The van der Waals surface area contributed by atoms with Gasteiger partial charge in [0.05, 0.1) is 5.02 Å². The van der Waals surface area contributed by atoms with Gasteiger partial charge in [-0.05, 0) is 31.2 Å². The summed E-state index contributed by atoms with van der Waals surface area (Å²) in [5, 5.41) is 9.75. The van der Waals surface area contributed by atoms with Crippen LogP contribution in [0.25, 0.3) is 0 Å². The highest BCUT2D eigenvalue weighted by atomic mass is 35.5. The molecule has 3 nitrogen and oxygen atoms in total. The summed E-state index contributed by atoms with van der Waals surface area (Å²) in [5.74, 6) is 0.847. The number of benzene rings is 1. The van der Waals surface area contributed by atoms with Gasteiger partial charge < -0.3 is 14.7 Å². The van der Waals surface area contributed by atoms with E-state index in [1.54, 1.807) is 0 Å². The monoisotopic (exact) mass is 269 g/mol. The Labute approximate surface area is 113 Å². The lowest BCUT2D eigenvalue weighted by Crippen LogP contribution is -2.21. The molecular formula is C14H20ClNO2. The van der Waals surface area contributed by atoms with Crippen LogP contribution < -0.4 is 4.74 Å². The van der Waals surface area contributed by atoms with E-state index >= 15 is 0 Å². The second-order valence-corrected chi connectivity index (χ2v) is 5.47. The Kier molecular flexibility index (Phi) is 4.49. The largest absolute Gasteiger partial charge is 0.487 e. The van der Waals surface area contributed by atoms with Crippen molar-refractivity contribution in [3.8, 4) is 5.75 Å². The van der Waals surface area contributed by atoms with Gasteiger partial charge in [0.1, 0.15) is 11.9 Å². The minimum absolute atomic E-state index is 0.106. The van der Waals surface area contributed by atoms with E-state index in [2.05, 4.69) is 11.9 Å². The molecular weight excluding hydrogens is 250 g/mol. The van der Waals surface area contributed by atoms with E-state index in [0.29, 0.717) is 5.02 Å². The molecule has 0 saturated carbocycles. The molecule has 100 valence electrons. The zero-order valence-electron chi connectivity index (χ0n) is 10.9. The van der Waals surface area contributed by atoms with Gasteiger partial charge in [-0.15, -0.1) is 0 Å². The van der Waals surface area contributed by atoms with Crippen molar-refractivity contribution in [1.82, 2.24) is 4.90 Å². The Bertz CT molecular complexity index is 411. The first kappa shape index (κ1) is 13.7. The van der Waals surface area contributed by atoms with Crippen molar-refractivity contribution in [3.63, 3.8) is 0 Å². The molecule has 1 aliphatic heterocycles. The van der Waals surface area contributed by atoms with Gasteiger partial charge in [0.15, 0.2) is 0 Å². The van der Waals surface area contributed by atoms with Crippen LogP contribution in [-0.4, -0.2) is 42.9 Å². The molecule has 0 radical (unpaired) electrons. The maximum Gasteiger partial charge on any atom is 0.138 e. The zero-order valence-corrected chi connectivity index (χ0v) is 11.7. The molecule has 0 spiro atoms. The van der Waals surface area contributed by atoms with Gasteiger partial charge >= 0.3 is 0 Å². The molecule has 1 aromatic rings. The molecule has 1 aliphatic rings. The molecule has 2 atom stereocenters. The maximum atomic E-state index is 9.13. The van der Waals surface area contributed by atoms with Crippen molar-refractivity contribution in [2.75, 3.05) is 26.7 Å². The molecule has 1 saturated heterocycles. The molecule has 1 aromatic carbocycles. The first-order valence-electron chi connectivity index (χ1n) is 6.35. The van der Waals surface area contributed by atoms with Crippen LogP contribution >= 0.6 is 11.6 Å². The van der Waals surface area contributed by atoms with Crippen molar-refractivity contribution in [2.24, 2.45) is 0 Å². The number of rotatable bonds is 4. The van der Waals surface area contributed by atoms with Gasteiger partial charge in [0.2, 0.25) is 0 Å². The number of ether oxygens (including phenoxy) is 1. The maximum absolute atomic E-state index is 9.13. The number of likely N-dealkylation sites (N-methyl/N-ethyl adjacent to an activating group) is 1. The molecule has 0 bridgehead atoms. The van der Waals surface area contributed by atoms with Crippen LogP contribution in [0.1, 0.15) is 24.8 Å². The lowest BCUT2D eigenvalue weighted by atomic mass is 10.0.